The van der Waals surface area contributed by atoms with Gasteiger partial charge in [-0.1, -0.05) is 36.4 Å². The van der Waals surface area contributed by atoms with E-state index in [0.29, 0.717) is 31.0 Å². The molecule has 0 spiro atoms. The van der Waals surface area contributed by atoms with Crippen molar-refractivity contribution in [3.05, 3.63) is 60.4 Å². The van der Waals surface area contributed by atoms with E-state index in [4.69, 9.17) is 4.74 Å². The van der Waals surface area contributed by atoms with E-state index in [1.54, 1.807) is 27.7 Å². The van der Waals surface area contributed by atoms with Crippen molar-refractivity contribution >= 4 is 15.9 Å². The molecular weight excluding hydrogens is 416 g/mol. The molecule has 1 atom stereocenters. The lowest BCUT2D eigenvalue weighted by Crippen LogP contribution is -2.43. The highest BCUT2D eigenvalue weighted by atomic mass is 32.2. The lowest BCUT2D eigenvalue weighted by molar-refractivity contribution is 0.0790. The van der Waals surface area contributed by atoms with E-state index in [-0.39, 0.29) is 36.1 Å². The minimum Gasteiger partial charge on any atom is -0.376 e. The first-order valence-electron chi connectivity index (χ1n) is 10.5. The summed E-state index contributed by atoms with van der Waals surface area (Å²) < 4.78 is 33.5. The predicted octanol–water partition coefficient (Wildman–Crippen LogP) is 2.75. The summed E-state index contributed by atoms with van der Waals surface area (Å²) in [4.78, 5) is 18.5. The third-order valence-corrected chi connectivity index (χ3v) is 6.70. The van der Waals surface area contributed by atoms with Crippen molar-refractivity contribution in [1.82, 2.24) is 19.8 Å². The first-order chi connectivity index (χ1) is 14.9. The molecule has 2 aromatic rings. The fourth-order valence-corrected chi connectivity index (χ4v) is 5.16. The summed E-state index contributed by atoms with van der Waals surface area (Å²) in [6.07, 6.45) is 5.02. The van der Waals surface area contributed by atoms with Crippen molar-refractivity contribution in [3.8, 4) is 0 Å². The Kier molecular flexibility index (Phi) is 7.86. The van der Waals surface area contributed by atoms with E-state index >= 15 is 0 Å². The number of ether oxygens (including phenoxy) is 1. The van der Waals surface area contributed by atoms with Gasteiger partial charge in [0.25, 0.3) is 0 Å². The monoisotopic (exact) mass is 446 g/mol. The number of hydrogen-bond donors (Lipinski definition) is 1. The van der Waals surface area contributed by atoms with Crippen molar-refractivity contribution in [1.29, 1.82) is 0 Å². The van der Waals surface area contributed by atoms with Crippen LogP contribution in [0.25, 0.3) is 0 Å². The van der Waals surface area contributed by atoms with E-state index < -0.39 is 9.84 Å². The Morgan fingerprint density at radius 1 is 1.39 bits per heavy atom. The van der Waals surface area contributed by atoms with Gasteiger partial charge in [-0.25, -0.2) is 18.2 Å². The average Bonchev–Trinajstić information content (AvgIpc) is 3.39. The topological polar surface area (TPSA) is 93.5 Å². The van der Waals surface area contributed by atoms with Gasteiger partial charge in [-0.15, -0.1) is 6.58 Å². The zero-order chi connectivity index (χ0) is 22.3. The maximum atomic E-state index is 13.1. The second-order valence-corrected chi connectivity index (χ2v) is 9.41. The van der Waals surface area contributed by atoms with Crippen LogP contribution < -0.4 is 5.32 Å². The van der Waals surface area contributed by atoms with E-state index in [1.165, 1.54) is 6.20 Å². The van der Waals surface area contributed by atoms with Crippen LogP contribution in [0.2, 0.25) is 0 Å². The molecule has 0 aliphatic carbocycles. The number of sulfone groups is 1. The Balaban J connectivity index is 1.86. The maximum Gasteiger partial charge on any atom is 0.317 e. The van der Waals surface area contributed by atoms with Crippen LogP contribution in [0.15, 0.2) is 54.3 Å². The number of rotatable bonds is 10. The number of hydrogen-bond acceptors (Lipinski definition) is 5. The molecule has 1 N–H and O–H groups in total. The van der Waals surface area contributed by atoms with E-state index in [1.807, 2.05) is 25.1 Å². The van der Waals surface area contributed by atoms with Gasteiger partial charge in [0.05, 0.1) is 30.3 Å². The van der Waals surface area contributed by atoms with Gasteiger partial charge in [0.2, 0.25) is 15.0 Å². The van der Waals surface area contributed by atoms with Gasteiger partial charge in [0.1, 0.15) is 0 Å². The first kappa shape index (κ1) is 23.0. The number of urea groups is 1. The van der Waals surface area contributed by atoms with E-state index in [0.717, 1.165) is 12.8 Å². The van der Waals surface area contributed by atoms with Crippen molar-refractivity contribution < 1.29 is 17.9 Å². The molecule has 3 rings (SSSR count). The first-order valence-corrected chi connectivity index (χ1v) is 12.2. The fraction of sp³-hybridized carbons (Fsp3) is 0.455. The molecule has 1 aromatic heterocycles. The number of benzene rings is 1. The van der Waals surface area contributed by atoms with Crippen LogP contribution >= 0.6 is 0 Å². The van der Waals surface area contributed by atoms with Crippen molar-refractivity contribution in [2.45, 2.75) is 49.9 Å². The Morgan fingerprint density at radius 3 is 2.81 bits per heavy atom. The summed E-state index contributed by atoms with van der Waals surface area (Å²) in [6, 6.07) is 8.80. The zero-order valence-corrected chi connectivity index (χ0v) is 18.7. The summed E-state index contributed by atoms with van der Waals surface area (Å²) in [5.74, 6) is -0.141. The second kappa shape index (κ2) is 10.6. The van der Waals surface area contributed by atoms with Crippen LogP contribution in [0.5, 0.6) is 0 Å². The van der Waals surface area contributed by atoms with Crippen LogP contribution in [0.4, 0.5) is 4.79 Å². The largest absolute Gasteiger partial charge is 0.376 e. The molecule has 1 saturated heterocycles. The highest BCUT2D eigenvalue weighted by Crippen LogP contribution is 2.20. The molecule has 1 aromatic carbocycles. The molecule has 8 nitrogen and oxygen atoms in total. The molecule has 0 radical (unpaired) electrons. The zero-order valence-electron chi connectivity index (χ0n) is 17.9. The number of allylic oxidation sites excluding steroid dienone is 1. The second-order valence-electron chi connectivity index (χ2n) is 7.53. The van der Waals surface area contributed by atoms with E-state index in [9.17, 15) is 13.2 Å². The molecule has 31 heavy (non-hydrogen) atoms. The highest BCUT2D eigenvalue weighted by Gasteiger charge is 2.27. The van der Waals surface area contributed by atoms with Crippen molar-refractivity contribution in [2.75, 3.05) is 19.7 Å². The van der Waals surface area contributed by atoms with Gasteiger partial charge in [0, 0.05) is 26.2 Å². The van der Waals surface area contributed by atoms with Crippen LogP contribution in [-0.2, 0) is 33.4 Å². The van der Waals surface area contributed by atoms with Gasteiger partial charge < -0.3 is 19.5 Å². The van der Waals surface area contributed by atoms with Crippen LogP contribution in [0, 0.1) is 0 Å². The SMILES string of the molecule is C=CCn1c(CN(CC2CCCO2)C(=O)NCC)cnc1S(=O)(=O)Cc1ccccc1. The normalized spacial score (nSPS) is 16.2. The molecule has 1 unspecified atom stereocenters. The number of imidazole rings is 1. The number of nitrogens with zero attached hydrogens (tertiary/aromatic N) is 3. The summed E-state index contributed by atoms with van der Waals surface area (Å²) in [5, 5.41) is 2.81. The molecule has 9 heteroatoms. The molecule has 0 bridgehead atoms. The smallest absolute Gasteiger partial charge is 0.317 e. The quantitative estimate of drug-likeness (QED) is 0.567. The molecule has 2 heterocycles. The number of nitrogens with one attached hydrogen (secondary N) is 1. The summed E-state index contributed by atoms with van der Waals surface area (Å²) in [5.41, 5.74) is 1.33. The lowest BCUT2D eigenvalue weighted by Gasteiger charge is -2.26. The average molecular weight is 447 g/mol. The van der Waals surface area contributed by atoms with Crippen molar-refractivity contribution in [2.24, 2.45) is 0 Å². The van der Waals surface area contributed by atoms with Crippen molar-refractivity contribution in [3.63, 3.8) is 0 Å². The highest BCUT2D eigenvalue weighted by molar-refractivity contribution is 7.90. The summed E-state index contributed by atoms with van der Waals surface area (Å²) >= 11 is 0. The number of amides is 2. The van der Waals surface area contributed by atoms with Crippen LogP contribution in [-0.4, -0.2) is 54.7 Å². The van der Waals surface area contributed by atoms with Gasteiger partial charge in [-0.2, -0.15) is 0 Å². The third kappa shape index (κ3) is 5.95. The van der Waals surface area contributed by atoms with Gasteiger partial charge in [0.15, 0.2) is 0 Å². The van der Waals surface area contributed by atoms with Crippen LogP contribution in [0.3, 0.4) is 0 Å². The molecule has 168 valence electrons. The molecule has 2 amide bonds. The van der Waals surface area contributed by atoms with E-state index in [2.05, 4.69) is 16.9 Å². The Morgan fingerprint density at radius 2 is 2.16 bits per heavy atom. The molecule has 1 fully saturated rings. The molecular formula is C22H30N4O4S. The molecule has 1 aliphatic rings. The fourth-order valence-electron chi connectivity index (χ4n) is 3.66. The number of carbonyl (C=O) groups excluding carboxylic acids is 1. The predicted molar refractivity (Wildman–Crippen MR) is 118 cm³/mol. The Bertz CT molecular complexity index is 982. The van der Waals surface area contributed by atoms with Gasteiger partial charge >= 0.3 is 6.03 Å². The summed E-state index contributed by atoms with van der Waals surface area (Å²) in [7, 11) is -3.67. The standard InChI is InChI=1S/C22H30N4O4S/c1-3-12-26-19(15-25(21(27)23-4-2)16-20-11-8-13-30-20)14-24-22(26)31(28,29)17-18-9-6-5-7-10-18/h3,5-7,9-10,14,20H,1,4,8,11-13,15-17H2,2H3,(H,23,27). The molecule has 1 aliphatic heterocycles. The minimum absolute atomic E-state index is 0.0142. The lowest BCUT2D eigenvalue weighted by atomic mass is 10.2. The third-order valence-electron chi connectivity index (χ3n) is 5.11. The number of carbonyl (C=O) groups is 1. The Hall–Kier alpha value is -2.65. The maximum absolute atomic E-state index is 13.1. The van der Waals surface area contributed by atoms with Gasteiger partial charge in [-0.05, 0) is 25.3 Å². The Labute approximate surface area is 183 Å². The minimum atomic E-state index is -3.67. The van der Waals surface area contributed by atoms with Gasteiger partial charge in [-0.3, -0.25) is 0 Å². The summed E-state index contributed by atoms with van der Waals surface area (Å²) in [6.45, 7) is 7.77. The van der Waals surface area contributed by atoms with Crippen LogP contribution in [0.1, 0.15) is 31.0 Å². The molecule has 0 saturated carbocycles. The number of aromatic nitrogens is 2.